The van der Waals surface area contributed by atoms with Crippen molar-refractivity contribution in [2.75, 3.05) is 7.11 Å². The summed E-state index contributed by atoms with van der Waals surface area (Å²) in [5, 5.41) is 3.34. The molecule has 0 saturated carbocycles. The monoisotopic (exact) mass is 473 g/mol. The number of hydrogen-bond acceptors (Lipinski definition) is 5. The van der Waals surface area contributed by atoms with Gasteiger partial charge in [-0.2, -0.15) is 0 Å². The fraction of sp³-hybridized carbons (Fsp3) is 0.190. The lowest BCUT2D eigenvalue weighted by molar-refractivity contribution is -0.120. The first-order valence-electron chi connectivity index (χ1n) is 8.89. The van der Waals surface area contributed by atoms with Crippen LogP contribution in [0.1, 0.15) is 16.8 Å². The molecule has 0 atom stereocenters. The molecular weight excluding hydrogens is 454 g/mol. The highest BCUT2D eigenvalue weighted by atomic mass is 79.9. The van der Waals surface area contributed by atoms with Crippen molar-refractivity contribution in [3.8, 4) is 5.75 Å². The zero-order valence-electron chi connectivity index (χ0n) is 15.8. The summed E-state index contributed by atoms with van der Waals surface area (Å²) in [6, 6.07) is 16.8. The zero-order chi connectivity index (χ0) is 20.6. The first-order chi connectivity index (χ1) is 14.0. The van der Waals surface area contributed by atoms with Crippen LogP contribution in [-0.4, -0.2) is 23.0 Å². The maximum absolute atomic E-state index is 12.3. The van der Waals surface area contributed by atoms with Gasteiger partial charge in [0.25, 0.3) is 5.56 Å². The van der Waals surface area contributed by atoms with Crippen LogP contribution in [0.2, 0.25) is 0 Å². The largest absolute Gasteiger partial charge is 0.497 e. The number of nitrogens with zero attached hydrogens (tertiary/aromatic N) is 1. The van der Waals surface area contributed by atoms with Crippen LogP contribution in [0.3, 0.4) is 0 Å². The number of carbonyl (C=O) groups excluding carboxylic acids is 1. The predicted octanol–water partition coefficient (Wildman–Crippen LogP) is 3.69. The minimum absolute atomic E-state index is 0.0414. The third kappa shape index (κ3) is 6.76. The number of methoxy groups -OCH3 is 1. The van der Waals surface area contributed by atoms with E-state index in [0.717, 1.165) is 21.3 Å². The number of hydrogen-bond donors (Lipinski definition) is 2. The summed E-state index contributed by atoms with van der Waals surface area (Å²) >= 11 is 4.83. The van der Waals surface area contributed by atoms with E-state index in [0.29, 0.717) is 23.1 Å². The zero-order valence-corrected chi connectivity index (χ0v) is 18.2. The van der Waals surface area contributed by atoms with Gasteiger partial charge in [-0.15, -0.1) is 0 Å². The molecule has 3 rings (SSSR count). The van der Waals surface area contributed by atoms with Crippen LogP contribution in [-0.2, 0) is 23.5 Å². The summed E-state index contributed by atoms with van der Waals surface area (Å²) in [6.07, 6.45) is 0.0414. The number of nitrogens with one attached hydrogen (secondary N) is 2. The van der Waals surface area contributed by atoms with Gasteiger partial charge in [0.05, 0.1) is 19.2 Å². The molecule has 0 aliphatic heterocycles. The maximum atomic E-state index is 12.3. The number of thioether (sulfide) groups is 1. The topological polar surface area (TPSA) is 84.1 Å². The fourth-order valence-electron chi connectivity index (χ4n) is 2.58. The van der Waals surface area contributed by atoms with Crippen molar-refractivity contribution >= 4 is 33.6 Å². The third-order valence-corrected chi connectivity index (χ3v) is 5.50. The Balaban J connectivity index is 1.57. The Labute approximate surface area is 181 Å². The molecule has 3 aromatic rings. The SMILES string of the molecule is COc1cccc(CNC(=O)Cc2cc(=O)[nH]c(SCc3ccc(Br)cc3)n2)c1. The van der Waals surface area contributed by atoms with Gasteiger partial charge in [0.15, 0.2) is 5.16 Å². The second-order valence-corrected chi connectivity index (χ2v) is 8.14. The molecule has 0 unspecified atom stereocenters. The Morgan fingerprint density at radius 1 is 1.17 bits per heavy atom. The molecule has 8 heteroatoms. The minimum atomic E-state index is -0.270. The number of carbonyl (C=O) groups is 1. The van der Waals surface area contributed by atoms with Gasteiger partial charge in [-0.25, -0.2) is 4.98 Å². The first-order valence-corrected chi connectivity index (χ1v) is 10.7. The van der Waals surface area contributed by atoms with Gasteiger partial charge >= 0.3 is 0 Å². The molecule has 150 valence electrons. The Bertz CT molecular complexity index is 1040. The highest BCUT2D eigenvalue weighted by Crippen LogP contribution is 2.20. The summed E-state index contributed by atoms with van der Waals surface area (Å²) in [7, 11) is 1.60. The average Bonchev–Trinajstić information content (AvgIpc) is 2.71. The number of benzene rings is 2. The van der Waals surface area contributed by atoms with Crippen molar-refractivity contribution in [1.29, 1.82) is 0 Å². The molecule has 0 spiro atoms. The molecule has 1 amide bonds. The van der Waals surface area contributed by atoms with Crippen LogP contribution < -0.4 is 15.6 Å². The maximum Gasteiger partial charge on any atom is 0.251 e. The van der Waals surface area contributed by atoms with Crippen molar-refractivity contribution in [1.82, 2.24) is 15.3 Å². The van der Waals surface area contributed by atoms with Crippen LogP contribution in [0.25, 0.3) is 0 Å². The second-order valence-electron chi connectivity index (χ2n) is 6.26. The molecule has 29 heavy (non-hydrogen) atoms. The van der Waals surface area contributed by atoms with Crippen LogP contribution in [0.4, 0.5) is 0 Å². The van der Waals surface area contributed by atoms with Crippen molar-refractivity contribution in [2.45, 2.75) is 23.9 Å². The van der Waals surface area contributed by atoms with E-state index in [9.17, 15) is 9.59 Å². The highest BCUT2D eigenvalue weighted by Gasteiger charge is 2.09. The van der Waals surface area contributed by atoms with E-state index >= 15 is 0 Å². The van der Waals surface area contributed by atoms with E-state index in [1.807, 2.05) is 48.5 Å². The standard InChI is InChI=1S/C21H20BrN3O3S/c1-28-18-4-2-3-15(9-18)12-23-19(26)10-17-11-20(27)25-21(24-17)29-13-14-5-7-16(22)8-6-14/h2-9,11H,10,12-13H2,1H3,(H,23,26)(H,24,25,27). The number of amides is 1. The predicted molar refractivity (Wildman–Crippen MR) is 117 cm³/mol. The van der Waals surface area contributed by atoms with E-state index in [1.165, 1.54) is 17.8 Å². The molecule has 2 N–H and O–H groups in total. The lowest BCUT2D eigenvalue weighted by Gasteiger charge is -2.08. The number of halogens is 1. The van der Waals surface area contributed by atoms with Crippen LogP contribution in [0, 0.1) is 0 Å². The second kappa shape index (κ2) is 10.3. The molecule has 1 aromatic heterocycles. The van der Waals surface area contributed by atoms with E-state index in [2.05, 4.69) is 31.2 Å². The van der Waals surface area contributed by atoms with Gasteiger partial charge in [-0.1, -0.05) is 52.0 Å². The summed E-state index contributed by atoms with van der Waals surface area (Å²) in [6.45, 7) is 0.379. The van der Waals surface area contributed by atoms with Gasteiger partial charge in [-0.3, -0.25) is 9.59 Å². The lowest BCUT2D eigenvalue weighted by Crippen LogP contribution is -2.25. The van der Waals surface area contributed by atoms with E-state index in [-0.39, 0.29) is 17.9 Å². The molecule has 0 bridgehead atoms. The van der Waals surface area contributed by atoms with E-state index in [1.54, 1.807) is 7.11 Å². The molecule has 1 heterocycles. The number of ether oxygens (including phenoxy) is 1. The summed E-state index contributed by atoms with van der Waals surface area (Å²) in [4.78, 5) is 31.3. The van der Waals surface area contributed by atoms with E-state index < -0.39 is 0 Å². The van der Waals surface area contributed by atoms with Crippen molar-refractivity contribution < 1.29 is 9.53 Å². The summed E-state index contributed by atoms with van der Waals surface area (Å²) < 4.78 is 6.19. The summed E-state index contributed by atoms with van der Waals surface area (Å²) in [5.41, 5.74) is 2.22. The molecule has 0 aliphatic carbocycles. The smallest absolute Gasteiger partial charge is 0.251 e. The van der Waals surface area contributed by atoms with Crippen molar-refractivity contribution in [2.24, 2.45) is 0 Å². The Morgan fingerprint density at radius 3 is 2.72 bits per heavy atom. The minimum Gasteiger partial charge on any atom is -0.497 e. The molecule has 6 nitrogen and oxygen atoms in total. The lowest BCUT2D eigenvalue weighted by atomic mass is 10.2. The van der Waals surface area contributed by atoms with Gasteiger partial charge in [-0.05, 0) is 35.4 Å². The molecular formula is C21H20BrN3O3S. The van der Waals surface area contributed by atoms with Crippen LogP contribution in [0.15, 0.2) is 69.0 Å². The van der Waals surface area contributed by atoms with E-state index in [4.69, 9.17) is 4.74 Å². The molecule has 0 saturated heterocycles. The third-order valence-electron chi connectivity index (χ3n) is 4.03. The van der Waals surface area contributed by atoms with Gasteiger partial charge in [0.2, 0.25) is 5.91 Å². The average molecular weight is 474 g/mol. The van der Waals surface area contributed by atoms with Gasteiger partial charge < -0.3 is 15.0 Å². The quantitative estimate of drug-likeness (QED) is 0.384. The number of rotatable bonds is 8. The summed E-state index contributed by atoms with van der Waals surface area (Å²) in [5.74, 6) is 1.21. The highest BCUT2D eigenvalue weighted by molar-refractivity contribution is 9.10. The Morgan fingerprint density at radius 2 is 1.97 bits per heavy atom. The van der Waals surface area contributed by atoms with Gasteiger partial charge in [0, 0.05) is 22.8 Å². The van der Waals surface area contributed by atoms with Gasteiger partial charge in [0.1, 0.15) is 5.75 Å². The molecule has 0 fully saturated rings. The molecule has 2 aromatic carbocycles. The number of H-pyrrole nitrogens is 1. The van der Waals surface area contributed by atoms with Crippen LogP contribution in [0.5, 0.6) is 5.75 Å². The normalized spacial score (nSPS) is 10.6. The number of aromatic amines is 1. The first kappa shape index (κ1) is 21.1. The van der Waals surface area contributed by atoms with Crippen LogP contribution >= 0.6 is 27.7 Å². The van der Waals surface area contributed by atoms with Crippen molar-refractivity contribution in [3.05, 3.63) is 86.2 Å². The molecule has 0 aliphatic rings. The Hall–Kier alpha value is -2.58. The Kier molecular flexibility index (Phi) is 7.48. The number of aromatic nitrogens is 2. The molecule has 0 radical (unpaired) electrons. The van der Waals surface area contributed by atoms with Crippen molar-refractivity contribution in [3.63, 3.8) is 0 Å². The fourth-order valence-corrected chi connectivity index (χ4v) is 3.70.